The van der Waals surface area contributed by atoms with E-state index in [0.29, 0.717) is 18.9 Å². The van der Waals surface area contributed by atoms with Crippen LogP contribution in [0.5, 0.6) is 5.75 Å². The first-order chi connectivity index (χ1) is 9.37. The van der Waals surface area contributed by atoms with Crippen LogP contribution in [-0.2, 0) is 0 Å². The normalized spacial score (nSPS) is 13.3. The molecule has 1 N–H and O–H groups in total. The van der Waals surface area contributed by atoms with Gasteiger partial charge in [0.2, 0.25) is 0 Å². The largest absolute Gasteiger partial charge is 0.494 e. The molecule has 114 valence electrons. The van der Waals surface area contributed by atoms with Crippen LogP contribution in [0.15, 0.2) is 18.2 Å². The zero-order chi connectivity index (χ0) is 15.2. The van der Waals surface area contributed by atoms with Crippen molar-refractivity contribution in [1.29, 1.82) is 0 Å². The monoisotopic (exact) mass is 289 g/mol. The van der Waals surface area contributed by atoms with Gasteiger partial charge in [-0.25, -0.2) is 0 Å². The highest BCUT2D eigenvalue weighted by molar-refractivity contribution is 5.39. The van der Waals surface area contributed by atoms with E-state index in [2.05, 4.69) is 5.32 Å². The number of ether oxygens (including phenoxy) is 1. The second-order valence-corrected chi connectivity index (χ2v) is 4.74. The molecular weight excluding hydrogens is 267 g/mol. The van der Waals surface area contributed by atoms with Crippen molar-refractivity contribution in [2.45, 2.75) is 45.8 Å². The number of hydrogen-bond acceptors (Lipinski definition) is 2. The third-order valence-electron chi connectivity index (χ3n) is 3.01. The van der Waals surface area contributed by atoms with Gasteiger partial charge in [-0.2, -0.15) is 13.2 Å². The van der Waals surface area contributed by atoms with Gasteiger partial charge in [0.05, 0.1) is 6.61 Å². The lowest BCUT2D eigenvalue weighted by molar-refractivity contribution is -0.136. The van der Waals surface area contributed by atoms with Gasteiger partial charge in [-0.3, -0.25) is 0 Å². The molecule has 0 aliphatic carbocycles. The molecule has 0 saturated heterocycles. The van der Waals surface area contributed by atoms with E-state index in [1.807, 2.05) is 39.0 Å². The second-order valence-electron chi connectivity index (χ2n) is 4.74. The summed E-state index contributed by atoms with van der Waals surface area (Å²) in [6.07, 6.45) is -4.92. The van der Waals surface area contributed by atoms with E-state index in [9.17, 15) is 13.2 Å². The molecule has 1 atom stereocenters. The van der Waals surface area contributed by atoms with Crippen molar-refractivity contribution >= 4 is 0 Å². The van der Waals surface area contributed by atoms with Gasteiger partial charge in [-0.05, 0) is 32.9 Å². The SMILES string of the molecule is CCNC(CCC(F)(F)F)c1cc(C)ccc1OCC. The highest BCUT2D eigenvalue weighted by atomic mass is 19.4. The number of hydrogen-bond donors (Lipinski definition) is 1. The fourth-order valence-electron chi connectivity index (χ4n) is 2.15. The summed E-state index contributed by atoms with van der Waals surface area (Å²) in [6, 6.07) is 5.28. The van der Waals surface area contributed by atoms with Crippen LogP contribution in [0.4, 0.5) is 13.2 Å². The van der Waals surface area contributed by atoms with Gasteiger partial charge in [0, 0.05) is 18.0 Å². The zero-order valence-corrected chi connectivity index (χ0v) is 12.2. The van der Waals surface area contributed by atoms with E-state index >= 15 is 0 Å². The number of rotatable bonds is 7. The number of benzene rings is 1. The summed E-state index contributed by atoms with van der Waals surface area (Å²) in [5, 5.41) is 3.12. The standard InChI is InChI=1S/C15H22F3NO/c1-4-19-13(8-9-15(16,17)18)12-10-11(3)6-7-14(12)20-5-2/h6-7,10,13,19H,4-5,8-9H2,1-3H3. The van der Waals surface area contributed by atoms with Gasteiger partial charge >= 0.3 is 6.18 Å². The maximum absolute atomic E-state index is 12.4. The van der Waals surface area contributed by atoms with Crippen LogP contribution in [0, 0.1) is 6.92 Å². The lowest BCUT2D eigenvalue weighted by Crippen LogP contribution is -2.23. The number of aryl methyl sites for hydroxylation is 1. The maximum Gasteiger partial charge on any atom is 0.389 e. The predicted octanol–water partition coefficient (Wildman–Crippen LogP) is 4.39. The molecule has 1 unspecified atom stereocenters. The van der Waals surface area contributed by atoms with Gasteiger partial charge in [-0.1, -0.05) is 24.6 Å². The molecular formula is C15H22F3NO. The third kappa shape index (κ3) is 5.41. The maximum atomic E-state index is 12.4. The summed E-state index contributed by atoms with van der Waals surface area (Å²) in [4.78, 5) is 0. The summed E-state index contributed by atoms with van der Waals surface area (Å²) >= 11 is 0. The van der Waals surface area contributed by atoms with Crippen molar-refractivity contribution in [2.75, 3.05) is 13.2 Å². The lowest BCUT2D eigenvalue weighted by atomic mass is 9.98. The van der Waals surface area contributed by atoms with E-state index < -0.39 is 12.6 Å². The van der Waals surface area contributed by atoms with Crippen LogP contribution < -0.4 is 10.1 Å². The van der Waals surface area contributed by atoms with Crippen LogP contribution in [0.3, 0.4) is 0 Å². The van der Waals surface area contributed by atoms with Crippen LogP contribution in [0.1, 0.15) is 43.9 Å². The molecule has 0 radical (unpaired) electrons. The number of alkyl halides is 3. The molecule has 5 heteroatoms. The smallest absolute Gasteiger partial charge is 0.389 e. The zero-order valence-electron chi connectivity index (χ0n) is 12.2. The molecule has 1 aromatic carbocycles. The van der Waals surface area contributed by atoms with Crippen LogP contribution in [0.2, 0.25) is 0 Å². The third-order valence-corrected chi connectivity index (χ3v) is 3.01. The Balaban J connectivity index is 2.97. The van der Waals surface area contributed by atoms with Gasteiger partial charge < -0.3 is 10.1 Å². The van der Waals surface area contributed by atoms with E-state index in [-0.39, 0.29) is 12.5 Å². The Kier molecular flexibility index (Phi) is 6.33. The van der Waals surface area contributed by atoms with Crippen molar-refractivity contribution in [3.8, 4) is 5.75 Å². The Bertz CT molecular complexity index is 418. The Hall–Kier alpha value is -1.23. The topological polar surface area (TPSA) is 21.3 Å². The first kappa shape index (κ1) is 16.8. The quantitative estimate of drug-likeness (QED) is 0.804. The average Bonchev–Trinajstić information content (AvgIpc) is 2.36. The molecule has 0 aliphatic rings. The van der Waals surface area contributed by atoms with Crippen molar-refractivity contribution in [3.05, 3.63) is 29.3 Å². The van der Waals surface area contributed by atoms with E-state index in [4.69, 9.17) is 4.74 Å². The van der Waals surface area contributed by atoms with Crippen molar-refractivity contribution in [1.82, 2.24) is 5.32 Å². The fraction of sp³-hybridized carbons (Fsp3) is 0.600. The molecule has 0 spiro atoms. The lowest BCUT2D eigenvalue weighted by Gasteiger charge is -2.22. The molecule has 1 rings (SSSR count). The first-order valence-electron chi connectivity index (χ1n) is 6.90. The summed E-state index contributed by atoms with van der Waals surface area (Å²) in [5.41, 5.74) is 1.82. The minimum absolute atomic E-state index is 0.0147. The molecule has 20 heavy (non-hydrogen) atoms. The van der Waals surface area contributed by atoms with E-state index in [0.717, 1.165) is 11.1 Å². The highest BCUT2D eigenvalue weighted by Crippen LogP contribution is 2.32. The Morgan fingerprint density at radius 3 is 2.50 bits per heavy atom. The van der Waals surface area contributed by atoms with Crippen molar-refractivity contribution in [3.63, 3.8) is 0 Å². The molecule has 0 saturated carbocycles. The molecule has 0 bridgehead atoms. The first-order valence-corrected chi connectivity index (χ1v) is 6.90. The van der Waals surface area contributed by atoms with Crippen LogP contribution >= 0.6 is 0 Å². The van der Waals surface area contributed by atoms with E-state index in [1.54, 1.807) is 0 Å². The Labute approximate surface area is 118 Å². The minimum Gasteiger partial charge on any atom is -0.494 e. The summed E-state index contributed by atoms with van der Waals surface area (Å²) in [7, 11) is 0. The second kappa shape index (κ2) is 7.53. The van der Waals surface area contributed by atoms with Gasteiger partial charge in [0.1, 0.15) is 5.75 Å². The summed E-state index contributed by atoms with van der Waals surface area (Å²) in [6.45, 7) is 6.78. The molecule has 0 aliphatic heterocycles. The Morgan fingerprint density at radius 1 is 1.25 bits per heavy atom. The van der Waals surface area contributed by atoms with Crippen LogP contribution in [0.25, 0.3) is 0 Å². The van der Waals surface area contributed by atoms with Gasteiger partial charge in [-0.15, -0.1) is 0 Å². The van der Waals surface area contributed by atoms with Crippen LogP contribution in [-0.4, -0.2) is 19.3 Å². The molecule has 2 nitrogen and oxygen atoms in total. The molecule has 0 amide bonds. The Morgan fingerprint density at radius 2 is 1.95 bits per heavy atom. The highest BCUT2D eigenvalue weighted by Gasteiger charge is 2.29. The number of nitrogens with one attached hydrogen (secondary N) is 1. The van der Waals surface area contributed by atoms with Gasteiger partial charge in [0.25, 0.3) is 0 Å². The molecule has 0 heterocycles. The fourth-order valence-corrected chi connectivity index (χ4v) is 2.15. The summed E-state index contributed by atoms with van der Waals surface area (Å²) < 4.78 is 42.9. The molecule has 0 aromatic heterocycles. The average molecular weight is 289 g/mol. The van der Waals surface area contributed by atoms with Gasteiger partial charge in [0.15, 0.2) is 0 Å². The van der Waals surface area contributed by atoms with Crippen molar-refractivity contribution < 1.29 is 17.9 Å². The molecule has 1 aromatic rings. The van der Waals surface area contributed by atoms with Crippen molar-refractivity contribution in [2.24, 2.45) is 0 Å². The molecule has 0 fully saturated rings. The summed E-state index contributed by atoms with van der Waals surface area (Å²) in [5.74, 6) is 0.659. The number of halogens is 3. The predicted molar refractivity (Wildman–Crippen MR) is 74.1 cm³/mol. The minimum atomic E-state index is -4.14. The van der Waals surface area contributed by atoms with E-state index in [1.165, 1.54) is 0 Å².